The summed E-state index contributed by atoms with van der Waals surface area (Å²) in [6.07, 6.45) is 2.76. The standard InChI is InChI=1S/C18H32N2O4/c1-17(2,3)24-16(22)20-9-13-8-15(14(13)10-20)19-11-18(12-21)4-6-23-7-5-18/h13-15,19,21H,4-12H2,1-3H3/t13-,14+,15?/m0/s1. The number of hydrogen-bond donors (Lipinski definition) is 2. The third kappa shape index (κ3) is 3.86. The minimum absolute atomic E-state index is 0.0349. The normalized spacial score (nSPS) is 32.2. The van der Waals surface area contributed by atoms with Crippen LogP contribution < -0.4 is 5.32 Å². The van der Waals surface area contributed by atoms with Crippen molar-refractivity contribution in [1.82, 2.24) is 10.2 Å². The van der Waals surface area contributed by atoms with Crippen LogP contribution in [-0.4, -0.2) is 67.2 Å². The summed E-state index contributed by atoms with van der Waals surface area (Å²) in [6, 6.07) is 0.453. The number of likely N-dealkylation sites (tertiary alicyclic amines) is 1. The number of aliphatic hydroxyl groups is 1. The molecule has 2 heterocycles. The van der Waals surface area contributed by atoms with Crippen molar-refractivity contribution in [2.45, 2.75) is 51.7 Å². The molecule has 0 aromatic rings. The number of amides is 1. The highest BCUT2D eigenvalue weighted by molar-refractivity contribution is 5.68. The lowest BCUT2D eigenvalue weighted by atomic mass is 9.71. The van der Waals surface area contributed by atoms with Crippen molar-refractivity contribution in [3.05, 3.63) is 0 Å². The molecule has 1 aliphatic carbocycles. The van der Waals surface area contributed by atoms with Gasteiger partial charge in [-0.25, -0.2) is 4.79 Å². The predicted octanol–water partition coefficient (Wildman–Crippen LogP) is 1.62. The molecule has 6 heteroatoms. The highest BCUT2D eigenvalue weighted by atomic mass is 16.6. The second-order valence-electron chi connectivity index (χ2n) is 8.80. The average Bonchev–Trinajstić information content (AvgIpc) is 2.84. The third-order valence-electron chi connectivity index (χ3n) is 5.84. The van der Waals surface area contributed by atoms with Gasteiger partial charge in [-0.2, -0.15) is 0 Å². The van der Waals surface area contributed by atoms with Crippen LogP contribution in [0.2, 0.25) is 0 Å². The van der Waals surface area contributed by atoms with Crippen molar-refractivity contribution < 1.29 is 19.4 Å². The third-order valence-corrected chi connectivity index (χ3v) is 5.84. The van der Waals surface area contributed by atoms with Gasteiger partial charge in [0.05, 0.1) is 6.61 Å². The van der Waals surface area contributed by atoms with Crippen molar-refractivity contribution in [2.75, 3.05) is 39.5 Å². The summed E-state index contributed by atoms with van der Waals surface area (Å²) in [5.41, 5.74) is -0.472. The molecular formula is C18H32N2O4. The van der Waals surface area contributed by atoms with Gasteiger partial charge in [0.25, 0.3) is 0 Å². The van der Waals surface area contributed by atoms with E-state index in [1.54, 1.807) is 0 Å². The first kappa shape index (κ1) is 18.0. The van der Waals surface area contributed by atoms with E-state index in [2.05, 4.69) is 5.32 Å². The first-order chi connectivity index (χ1) is 11.3. The Bertz CT molecular complexity index is 456. The van der Waals surface area contributed by atoms with Crippen LogP contribution in [0.15, 0.2) is 0 Å². The molecule has 2 saturated heterocycles. The number of carbonyl (C=O) groups is 1. The quantitative estimate of drug-likeness (QED) is 0.814. The number of rotatable bonds is 4. The van der Waals surface area contributed by atoms with Gasteiger partial charge in [0.2, 0.25) is 0 Å². The summed E-state index contributed by atoms with van der Waals surface area (Å²) in [7, 11) is 0. The number of fused-ring (bicyclic) bond motifs is 1. The second kappa shape index (κ2) is 6.81. The summed E-state index contributed by atoms with van der Waals surface area (Å²) in [5, 5.41) is 13.5. The zero-order chi connectivity index (χ0) is 17.4. The minimum atomic E-state index is -0.438. The summed E-state index contributed by atoms with van der Waals surface area (Å²) in [6.45, 7) is 9.86. The molecule has 0 bridgehead atoms. The Hall–Kier alpha value is -0.850. The first-order valence-corrected chi connectivity index (χ1v) is 9.22. The van der Waals surface area contributed by atoms with E-state index in [4.69, 9.17) is 9.47 Å². The SMILES string of the molecule is CC(C)(C)OC(=O)N1C[C@@H]2CC(NCC3(CO)CCOCC3)[C@@H]2C1. The van der Waals surface area contributed by atoms with Gasteiger partial charge < -0.3 is 24.8 Å². The summed E-state index contributed by atoms with van der Waals surface area (Å²) in [5.74, 6) is 1.11. The van der Waals surface area contributed by atoms with Gasteiger partial charge in [-0.15, -0.1) is 0 Å². The second-order valence-corrected chi connectivity index (χ2v) is 8.80. The van der Waals surface area contributed by atoms with Crippen LogP contribution in [0.25, 0.3) is 0 Å². The number of hydrogen-bond acceptors (Lipinski definition) is 5. The van der Waals surface area contributed by atoms with Crippen LogP contribution >= 0.6 is 0 Å². The molecule has 1 unspecified atom stereocenters. The average molecular weight is 340 g/mol. The molecule has 2 aliphatic heterocycles. The zero-order valence-electron chi connectivity index (χ0n) is 15.2. The Morgan fingerprint density at radius 3 is 2.67 bits per heavy atom. The maximum absolute atomic E-state index is 12.2. The molecule has 3 fully saturated rings. The molecule has 1 amide bonds. The Morgan fingerprint density at radius 1 is 1.33 bits per heavy atom. The van der Waals surface area contributed by atoms with Gasteiger partial charge in [-0.3, -0.25) is 0 Å². The summed E-state index contributed by atoms with van der Waals surface area (Å²) >= 11 is 0. The van der Waals surface area contributed by atoms with Crippen LogP contribution in [0.1, 0.15) is 40.0 Å². The molecule has 0 aromatic carbocycles. The van der Waals surface area contributed by atoms with E-state index in [0.29, 0.717) is 17.9 Å². The van der Waals surface area contributed by atoms with E-state index >= 15 is 0 Å². The van der Waals surface area contributed by atoms with Crippen molar-refractivity contribution in [2.24, 2.45) is 17.3 Å². The van der Waals surface area contributed by atoms with E-state index in [9.17, 15) is 9.90 Å². The van der Waals surface area contributed by atoms with Gasteiger partial charge in [-0.05, 0) is 51.9 Å². The van der Waals surface area contributed by atoms with Crippen molar-refractivity contribution in [1.29, 1.82) is 0 Å². The lowest BCUT2D eigenvalue weighted by molar-refractivity contribution is -0.0207. The molecule has 3 aliphatic rings. The van der Waals surface area contributed by atoms with E-state index in [1.807, 2.05) is 25.7 Å². The van der Waals surface area contributed by atoms with Crippen molar-refractivity contribution in [3.63, 3.8) is 0 Å². The van der Waals surface area contributed by atoms with Gasteiger partial charge >= 0.3 is 6.09 Å². The molecule has 0 aromatic heterocycles. The summed E-state index contributed by atoms with van der Waals surface area (Å²) < 4.78 is 10.9. The summed E-state index contributed by atoms with van der Waals surface area (Å²) in [4.78, 5) is 14.1. The smallest absolute Gasteiger partial charge is 0.410 e. The van der Waals surface area contributed by atoms with Crippen LogP contribution in [0, 0.1) is 17.3 Å². The van der Waals surface area contributed by atoms with Gasteiger partial charge in [0, 0.05) is 44.3 Å². The van der Waals surface area contributed by atoms with Gasteiger partial charge in [0.15, 0.2) is 0 Å². The minimum Gasteiger partial charge on any atom is -0.444 e. The maximum Gasteiger partial charge on any atom is 0.410 e. The molecule has 138 valence electrons. The van der Waals surface area contributed by atoms with E-state index in [-0.39, 0.29) is 18.1 Å². The van der Waals surface area contributed by atoms with Crippen molar-refractivity contribution in [3.8, 4) is 0 Å². The largest absolute Gasteiger partial charge is 0.444 e. The highest BCUT2D eigenvalue weighted by Gasteiger charge is 2.49. The monoisotopic (exact) mass is 340 g/mol. The topological polar surface area (TPSA) is 71.0 Å². The first-order valence-electron chi connectivity index (χ1n) is 9.22. The molecule has 0 spiro atoms. The molecule has 3 rings (SSSR count). The molecule has 6 nitrogen and oxygen atoms in total. The van der Waals surface area contributed by atoms with E-state index < -0.39 is 5.60 Å². The lowest BCUT2D eigenvalue weighted by Gasteiger charge is -2.43. The number of carbonyl (C=O) groups excluding carboxylic acids is 1. The fourth-order valence-electron chi connectivity index (χ4n) is 4.16. The van der Waals surface area contributed by atoms with E-state index in [0.717, 1.165) is 52.1 Å². The number of nitrogens with one attached hydrogen (secondary N) is 1. The van der Waals surface area contributed by atoms with Crippen LogP contribution in [-0.2, 0) is 9.47 Å². The molecule has 3 atom stereocenters. The Kier molecular flexibility index (Phi) is 5.09. The highest BCUT2D eigenvalue weighted by Crippen LogP contribution is 2.42. The Labute approximate surface area is 144 Å². The number of nitrogens with zero attached hydrogens (tertiary/aromatic N) is 1. The van der Waals surface area contributed by atoms with E-state index in [1.165, 1.54) is 0 Å². The molecule has 24 heavy (non-hydrogen) atoms. The van der Waals surface area contributed by atoms with Crippen LogP contribution in [0.4, 0.5) is 4.79 Å². The number of aliphatic hydroxyl groups excluding tert-OH is 1. The molecule has 0 radical (unpaired) electrons. The van der Waals surface area contributed by atoms with Crippen LogP contribution in [0.3, 0.4) is 0 Å². The fraction of sp³-hybridized carbons (Fsp3) is 0.944. The fourth-order valence-corrected chi connectivity index (χ4v) is 4.16. The predicted molar refractivity (Wildman–Crippen MR) is 90.8 cm³/mol. The molecule has 2 N–H and O–H groups in total. The number of ether oxygens (including phenoxy) is 2. The zero-order valence-corrected chi connectivity index (χ0v) is 15.2. The Morgan fingerprint density at radius 2 is 2.04 bits per heavy atom. The van der Waals surface area contributed by atoms with Gasteiger partial charge in [0.1, 0.15) is 5.60 Å². The maximum atomic E-state index is 12.2. The van der Waals surface area contributed by atoms with Crippen LogP contribution in [0.5, 0.6) is 0 Å². The van der Waals surface area contributed by atoms with Crippen molar-refractivity contribution >= 4 is 6.09 Å². The molecule has 1 saturated carbocycles. The molecular weight excluding hydrogens is 308 g/mol. The Balaban J connectivity index is 1.47. The lowest BCUT2D eigenvalue weighted by Crippen LogP contribution is -2.54. The van der Waals surface area contributed by atoms with Gasteiger partial charge in [-0.1, -0.05) is 0 Å².